The van der Waals surface area contributed by atoms with Gasteiger partial charge in [0, 0.05) is 19.5 Å². The molecule has 0 spiro atoms. The highest BCUT2D eigenvalue weighted by atomic mass is 15.5. The van der Waals surface area contributed by atoms with Crippen molar-refractivity contribution in [2.24, 2.45) is 42.4 Å². The number of tetrazole rings is 1. The molecule has 1 heterocycles. The first-order chi connectivity index (χ1) is 9.74. The Hall–Kier alpha value is -0.970. The molecule has 4 saturated carbocycles. The molecule has 5 heteroatoms. The molecule has 4 fully saturated rings. The lowest BCUT2D eigenvalue weighted by Crippen LogP contribution is -2.45. The lowest BCUT2D eigenvalue weighted by atomic mass is 9.51. The predicted molar refractivity (Wildman–Crippen MR) is 75.7 cm³/mol. The molecule has 2 N–H and O–H groups in total. The third kappa shape index (κ3) is 1.98. The van der Waals surface area contributed by atoms with Crippen LogP contribution in [0.25, 0.3) is 0 Å². The topological polar surface area (TPSA) is 69.6 Å². The highest BCUT2D eigenvalue weighted by Gasteiger charge is 2.48. The van der Waals surface area contributed by atoms with Crippen molar-refractivity contribution in [3.8, 4) is 0 Å². The summed E-state index contributed by atoms with van der Waals surface area (Å²) >= 11 is 0. The second-order valence-electron chi connectivity index (χ2n) is 7.42. The van der Waals surface area contributed by atoms with Gasteiger partial charge in [-0.25, -0.2) is 4.68 Å². The van der Waals surface area contributed by atoms with Crippen LogP contribution in [0.15, 0.2) is 0 Å². The summed E-state index contributed by atoms with van der Waals surface area (Å²) in [6.45, 7) is 0.664. The van der Waals surface area contributed by atoms with Crippen molar-refractivity contribution in [1.29, 1.82) is 0 Å². The Labute approximate surface area is 120 Å². The normalized spacial score (nSPS) is 40.2. The summed E-state index contributed by atoms with van der Waals surface area (Å²) in [5.74, 6) is 6.18. The van der Waals surface area contributed by atoms with Crippen molar-refractivity contribution in [1.82, 2.24) is 20.2 Å². The van der Waals surface area contributed by atoms with E-state index in [2.05, 4.69) is 15.5 Å². The molecule has 0 radical (unpaired) electrons. The minimum Gasteiger partial charge on any atom is -0.330 e. The quantitative estimate of drug-likeness (QED) is 0.908. The minimum atomic E-state index is 0.331. The molecule has 20 heavy (non-hydrogen) atoms. The molecule has 0 aromatic carbocycles. The number of hydrogen-bond acceptors (Lipinski definition) is 4. The maximum Gasteiger partial charge on any atom is 0.155 e. The molecule has 110 valence electrons. The molecule has 0 aliphatic heterocycles. The van der Waals surface area contributed by atoms with Gasteiger partial charge in [-0.05, 0) is 78.5 Å². The molecular weight excluding hydrogens is 250 g/mol. The molecule has 4 bridgehead atoms. The summed E-state index contributed by atoms with van der Waals surface area (Å²) in [6, 6.07) is 0. The number of nitrogens with two attached hydrogens (primary N) is 1. The molecule has 4 aliphatic carbocycles. The van der Waals surface area contributed by atoms with Crippen molar-refractivity contribution in [2.75, 3.05) is 6.54 Å². The number of rotatable bonds is 4. The van der Waals surface area contributed by atoms with E-state index in [1.165, 1.54) is 38.5 Å². The molecule has 1 aromatic heterocycles. The molecule has 1 unspecified atom stereocenters. The second kappa shape index (κ2) is 4.79. The molecule has 4 aliphatic rings. The Bertz CT molecular complexity index is 454. The van der Waals surface area contributed by atoms with Crippen LogP contribution in [0.5, 0.6) is 0 Å². The first kappa shape index (κ1) is 12.7. The number of aromatic nitrogens is 4. The van der Waals surface area contributed by atoms with Gasteiger partial charge in [0.1, 0.15) is 0 Å². The Morgan fingerprint density at radius 3 is 2.30 bits per heavy atom. The Morgan fingerprint density at radius 2 is 1.80 bits per heavy atom. The zero-order valence-corrected chi connectivity index (χ0v) is 12.3. The number of hydrogen-bond donors (Lipinski definition) is 1. The van der Waals surface area contributed by atoms with Crippen LogP contribution in [0.2, 0.25) is 0 Å². The summed E-state index contributed by atoms with van der Waals surface area (Å²) in [4.78, 5) is 0. The van der Waals surface area contributed by atoms with Crippen LogP contribution < -0.4 is 5.73 Å². The third-order valence-electron chi connectivity index (χ3n) is 6.28. The Kier molecular flexibility index (Phi) is 3.05. The Morgan fingerprint density at radius 1 is 1.15 bits per heavy atom. The van der Waals surface area contributed by atoms with Crippen LogP contribution in [-0.4, -0.2) is 26.8 Å². The molecular formula is C15H25N5. The Balaban J connectivity index is 1.52. The van der Waals surface area contributed by atoms with Gasteiger partial charge in [0.05, 0.1) is 0 Å². The van der Waals surface area contributed by atoms with Gasteiger partial charge in [-0.1, -0.05) is 0 Å². The summed E-state index contributed by atoms with van der Waals surface area (Å²) < 4.78 is 1.80. The van der Waals surface area contributed by atoms with Gasteiger partial charge in [-0.15, -0.1) is 5.10 Å². The van der Waals surface area contributed by atoms with E-state index in [0.717, 1.165) is 35.4 Å². The van der Waals surface area contributed by atoms with E-state index in [4.69, 9.17) is 5.73 Å². The van der Waals surface area contributed by atoms with E-state index in [1.807, 2.05) is 7.05 Å². The fourth-order valence-electron chi connectivity index (χ4n) is 5.64. The number of nitrogens with zero attached hydrogens (tertiary/aromatic N) is 4. The summed E-state index contributed by atoms with van der Waals surface area (Å²) in [6.07, 6.45) is 8.63. The van der Waals surface area contributed by atoms with Crippen LogP contribution in [0.3, 0.4) is 0 Å². The molecule has 0 amide bonds. The largest absolute Gasteiger partial charge is 0.330 e. The van der Waals surface area contributed by atoms with Crippen molar-refractivity contribution in [3.05, 3.63) is 5.82 Å². The zero-order chi connectivity index (χ0) is 13.7. The van der Waals surface area contributed by atoms with Crippen molar-refractivity contribution in [3.63, 3.8) is 0 Å². The molecule has 5 nitrogen and oxygen atoms in total. The summed E-state index contributed by atoms with van der Waals surface area (Å²) in [5.41, 5.74) is 6.03. The first-order valence-electron chi connectivity index (χ1n) is 8.17. The fourth-order valence-corrected chi connectivity index (χ4v) is 5.64. The maximum absolute atomic E-state index is 6.03. The van der Waals surface area contributed by atoms with E-state index < -0.39 is 0 Å². The van der Waals surface area contributed by atoms with Crippen LogP contribution >= 0.6 is 0 Å². The molecule has 5 rings (SSSR count). The zero-order valence-electron chi connectivity index (χ0n) is 12.3. The van der Waals surface area contributed by atoms with E-state index in [-0.39, 0.29) is 0 Å². The van der Waals surface area contributed by atoms with Crippen molar-refractivity contribution in [2.45, 2.75) is 44.4 Å². The van der Waals surface area contributed by atoms with Gasteiger partial charge in [-0.2, -0.15) is 0 Å². The molecule has 0 saturated heterocycles. The average molecular weight is 275 g/mol. The fraction of sp³-hybridized carbons (Fsp3) is 0.933. The van der Waals surface area contributed by atoms with Gasteiger partial charge in [0.15, 0.2) is 5.82 Å². The maximum atomic E-state index is 6.03. The standard InChI is InChI=1S/C15H25N5/c1-20-15(17-18-19-20)13(8-16)7-14-11-3-9-2-10(5-11)6-12(14)4-9/h9-14H,2-8,16H2,1H3. The number of aryl methyl sites for hydroxylation is 1. The smallest absolute Gasteiger partial charge is 0.155 e. The van der Waals surface area contributed by atoms with E-state index in [9.17, 15) is 0 Å². The third-order valence-corrected chi connectivity index (χ3v) is 6.28. The highest BCUT2D eigenvalue weighted by molar-refractivity contribution is 5.02. The van der Waals surface area contributed by atoms with Gasteiger partial charge in [0.2, 0.25) is 0 Å². The minimum absolute atomic E-state index is 0.331. The monoisotopic (exact) mass is 275 g/mol. The molecule has 1 aromatic rings. The van der Waals surface area contributed by atoms with Crippen LogP contribution in [-0.2, 0) is 7.05 Å². The molecule has 1 atom stereocenters. The van der Waals surface area contributed by atoms with Crippen LogP contribution in [0, 0.1) is 29.6 Å². The van der Waals surface area contributed by atoms with Crippen molar-refractivity contribution < 1.29 is 0 Å². The lowest BCUT2D eigenvalue weighted by Gasteiger charge is -2.55. The summed E-state index contributed by atoms with van der Waals surface area (Å²) in [7, 11) is 1.93. The first-order valence-corrected chi connectivity index (χ1v) is 8.17. The van der Waals surface area contributed by atoms with Crippen molar-refractivity contribution >= 4 is 0 Å². The van der Waals surface area contributed by atoms with E-state index in [0.29, 0.717) is 12.5 Å². The SMILES string of the molecule is Cn1nnnc1C(CN)CC1C2CC3CC(C2)CC1C3. The van der Waals surface area contributed by atoms with Gasteiger partial charge < -0.3 is 5.73 Å². The predicted octanol–water partition coefficient (Wildman–Crippen LogP) is 1.71. The van der Waals surface area contributed by atoms with E-state index in [1.54, 1.807) is 4.68 Å². The highest BCUT2D eigenvalue weighted by Crippen LogP contribution is 2.58. The van der Waals surface area contributed by atoms with E-state index >= 15 is 0 Å². The van der Waals surface area contributed by atoms with Crippen LogP contribution in [0.4, 0.5) is 0 Å². The average Bonchev–Trinajstić information content (AvgIpc) is 2.84. The summed E-state index contributed by atoms with van der Waals surface area (Å²) in [5, 5.41) is 11.9. The lowest BCUT2D eigenvalue weighted by molar-refractivity contribution is -0.0423. The van der Waals surface area contributed by atoms with Gasteiger partial charge >= 0.3 is 0 Å². The van der Waals surface area contributed by atoms with Gasteiger partial charge in [0.25, 0.3) is 0 Å². The van der Waals surface area contributed by atoms with Gasteiger partial charge in [-0.3, -0.25) is 0 Å². The second-order valence-corrected chi connectivity index (χ2v) is 7.42. The van der Waals surface area contributed by atoms with Crippen LogP contribution in [0.1, 0.15) is 50.3 Å².